The zero-order valence-corrected chi connectivity index (χ0v) is 12.1. The molecular weight excluding hydrogens is 228 g/mol. The summed E-state index contributed by atoms with van der Waals surface area (Å²) in [6, 6.07) is 0. The van der Waals surface area contributed by atoms with Gasteiger partial charge in [-0.25, -0.2) is 4.89 Å². The fourth-order valence-corrected chi connectivity index (χ4v) is 2.23. The van der Waals surface area contributed by atoms with Crippen LogP contribution in [0.2, 0.25) is 0 Å². The normalized spacial score (nSPS) is 12.8. The molecule has 0 heterocycles. The van der Waals surface area contributed by atoms with Gasteiger partial charge in [-0.05, 0) is 18.8 Å². The first-order valence-electron chi connectivity index (χ1n) is 7.68. The third-order valence-electron chi connectivity index (χ3n) is 3.46. The smallest absolute Gasteiger partial charge is 0.0845 e. The molecule has 1 unspecified atom stereocenters. The number of aliphatic hydroxyl groups is 1. The Morgan fingerprint density at radius 1 is 0.778 bits per heavy atom. The second-order valence-electron chi connectivity index (χ2n) is 5.45. The van der Waals surface area contributed by atoms with Crippen LogP contribution in [-0.4, -0.2) is 23.6 Å². The van der Waals surface area contributed by atoms with Crippen LogP contribution in [0.25, 0.3) is 0 Å². The molecule has 0 saturated carbocycles. The summed E-state index contributed by atoms with van der Waals surface area (Å²) in [5.74, 6) is 0.474. The Bertz CT molecular complexity index is 151. The number of hydrogen-bond donors (Lipinski definition) is 2. The lowest BCUT2D eigenvalue weighted by molar-refractivity contribution is -0.250. The Kier molecular flexibility index (Phi) is 14.8. The Hall–Kier alpha value is -0.120. The van der Waals surface area contributed by atoms with Crippen LogP contribution in [-0.2, 0) is 4.89 Å². The molecule has 0 aliphatic carbocycles. The van der Waals surface area contributed by atoms with Gasteiger partial charge in [0.2, 0.25) is 0 Å². The standard InChI is InChI=1S/C15H32O3/c1-15(14-18-17)12-10-8-6-4-2-3-5-7-9-11-13-16/h15-17H,2-14H2,1H3. The molecule has 0 aromatic rings. The molecule has 0 amide bonds. The van der Waals surface area contributed by atoms with Gasteiger partial charge in [-0.1, -0.05) is 64.7 Å². The monoisotopic (exact) mass is 260 g/mol. The van der Waals surface area contributed by atoms with E-state index in [4.69, 9.17) is 10.4 Å². The van der Waals surface area contributed by atoms with Crippen molar-refractivity contribution in [3.8, 4) is 0 Å². The Morgan fingerprint density at radius 3 is 1.67 bits per heavy atom. The van der Waals surface area contributed by atoms with Crippen molar-refractivity contribution in [1.29, 1.82) is 0 Å². The molecule has 0 radical (unpaired) electrons. The summed E-state index contributed by atoms with van der Waals surface area (Å²) in [6.45, 7) is 2.93. The molecule has 0 saturated heterocycles. The van der Waals surface area contributed by atoms with Crippen molar-refractivity contribution in [2.45, 2.75) is 77.6 Å². The highest BCUT2D eigenvalue weighted by Gasteiger charge is 2.01. The van der Waals surface area contributed by atoms with Gasteiger partial charge in [0.05, 0.1) is 6.61 Å². The van der Waals surface area contributed by atoms with E-state index in [0.717, 1.165) is 12.8 Å². The fraction of sp³-hybridized carbons (Fsp3) is 1.00. The van der Waals surface area contributed by atoms with Crippen molar-refractivity contribution < 1.29 is 15.3 Å². The Morgan fingerprint density at radius 2 is 1.22 bits per heavy atom. The highest BCUT2D eigenvalue weighted by Crippen LogP contribution is 2.13. The molecule has 0 aromatic heterocycles. The molecule has 0 spiro atoms. The Labute approximate surface area is 112 Å². The molecule has 110 valence electrons. The predicted octanol–water partition coefficient (Wildman–Crippen LogP) is 4.40. The van der Waals surface area contributed by atoms with E-state index in [1.165, 1.54) is 57.8 Å². The van der Waals surface area contributed by atoms with Crippen LogP contribution in [0.15, 0.2) is 0 Å². The topological polar surface area (TPSA) is 49.7 Å². The molecule has 3 nitrogen and oxygen atoms in total. The van der Waals surface area contributed by atoms with E-state index < -0.39 is 0 Å². The molecule has 3 heteroatoms. The zero-order valence-electron chi connectivity index (χ0n) is 12.1. The molecule has 2 N–H and O–H groups in total. The van der Waals surface area contributed by atoms with Crippen molar-refractivity contribution in [2.24, 2.45) is 5.92 Å². The van der Waals surface area contributed by atoms with E-state index >= 15 is 0 Å². The third-order valence-corrected chi connectivity index (χ3v) is 3.46. The minimum Gasteiger partial charge on any atom is -0.396 e. The highest BCUT2D eigenvalue weighted by atomic mass is 17.1. The first kappa shape index (κ1) is 17.9. The van der Waals surface area contributed by atoms with Gasteiger partial charge >= 0.3 is 0 Å². The summed E-state index contributed by atoms with van der Waals surface area (Å²) in [5.41, 5.74) is 0. The summed E-state index contributed by atoms with van der Waals surface area (Å²) in [6.07, 6.45) is 13.9. The van der Waals surface area contributed by atoms with Crippen molar-refractivity contribution in [1.82, 2.24) is 0 Å². The predicted molar refractivity (Wildman–Crippen MR) is 75.6 cm³/mol. The van der Waals surface area contributed by atoms with Crippen molar-refractivity contribution in [3.63, 3.8) is 0 Å². The molecule has 0 aliphatic heterocycles. The van der Waals surface area contributed by atoms with Crippen LogP contribution in [0.4, 0.5) is 0 Å². The minimum atomic E-state index is 0.347. The highest BCUT2D eigenvalue weighted by molar-refractivity contribution is 4.52. The maximum absolute atomic E-state index is 8.64. The number of aliphatic hydroxyl groups excluding tert-OH is 1. The van der Waals surface area contributed by atoms with Gasteiger partial charge in [-0.15, -0.1) is 0 Å². The fourth-order valence-electron chi connectivity index (χ4n) is 2.23. The molecular formula is C15H32O3. The first-order valence-corrected chi connectivity index (χ1v) is 7.68. The zero-order chi connectivity index (χ0) is 13.5. The summed E-state index contributed by atoms with van der Waals surface area (Å²) in [4.78, 5) is 4.14. The second-order valence-corrected chi connectivity index (χ2v) is 5.45. The van der Waals surface area contributed by atoms with Gasteiger partial charge in [0, 0.05) is 6.61 Å². The van der Waals surface area contributed by atoms with E-state index in [1.54, 1.807) is 0 Å². The van der Waals surface area contributed by atoms with Gasteiger partial charge in [-0.2, -0.15) is 0 Å². The number of rotatable bonds is 14. The van der Waals surface area contributed by atoms with Crippen LogP contribution in [0.5, 0.6) is 0 Å². The van der Waals surface area contributed by atoms with Crippen molar-refractivity contribution in [2.75, 3.05) is 13.2 Å². The SMILES string of the molecule is CC(CCCCCCCCCCCCO)COO. The number of unbranched alkanes of at least 4 members (excludes halogenated alkanes) is 9. The molecule has 0 bridgehead atoms. The van der Waals surface area contributed by atoms with Crippen LogP contribution in [0.3, 0.4) is 0 Å². The maximum Gasteiger partial charge on any atom is 0.0845 e. The van der Waals surface area contributed by atoms with E-state index in [9.17, 15) is 0 Å². The van der Waals surface area contributed by atoms with Crippen LogP contribution in [0, 0.1) is 5.92 Å². The lowest BCUT2D eigenvalue weighted by atomic mass is 10.0. The molecule has 1 atom stereocenters. The molecule has 0 fully saturated rings. The van der Waals surface area contributed by atoms with E-state index in [1.807, 2.05) is 0 Å². The van der Waals surface area contributed by atoms with Crippen LogP contribution < -0.4 is 0 Å². The molecule has 0 rings (SSSR count). The van der Waals surface area contributed by atoms with Crippen LogP contribution >= 0.6 is 0 Å². The average Bonchev–Trinajstić information content (AvgIpc) is 2.36. The maximum atomic E-state index is 8.64. The molecule has 0 aliphatic rings. The summed E-state index contributed by atoms with van der Waals surface area (Å²) < 4.78 is 0. The second kappa shape index (κ2) is 14.9. The van der Waals surface area contributed by atoms with Gasteiger partial charge in [0.1, 0.15) is 0 Å². The lowest BCUT2D eigenvalue weighted by Crippen LogP contribution is -2.03. The summed E-state index contributed by atoms with van der Waals surface area (Å²) >= 11 is 0. The van der Waals surface area contributed by atoms with Gasteiger partial charge in [0.15, 0.2) is 0 Å². The van der Waals surface area contributed by atoms with Crippen molar-refractivity contribution in [3.05, 3.63) is 0 Å². The molecule has 0 aromatic carbocycles. The summed E-state index contributed by atoms with van der Waals surface area (Å²) in [7, 11) is 0. The lowest BCUT2D eigenvalue weighted by Gasteiger charge is -2.08. The van der Waals surface area contributed by atoms with Gasteiger partial charge in [-0.3, -0.25) is 5.26 Å². The average molecular weight is 260 g/mol. The van der Waals surface area contributed by atoms with Gasteiger partial charge < -0.3 is 5.11 Å². The van der Waals surface area contributed by atoms with Crippen LogP contribution in [0.1, 0.15) is 77.6 Å². The summed E-state index contributed by atoms with van der Waals surface area (Å²) in [5, 5.41) is 16.9. The molecule has 18 heavy (non-hydrogen) atoms. The first-order chi connectivity index (χ1) is 8.81. The number of hydrogen-bond acceptors (Lipinski definition) is 3. The van der Waals surface area contributed by atoms with E-state index in [-0.39, 0.29) is 0 Å². The quantitative estimate of drug-likeness (QED) is 0.276. The van der Waals surface area contributed by atoms with Gasteiger partial charge in [0.25, 0.3) is 0 Å². The Balaban J connectivity index is 2.98. The van der Waals surface area contributed by atoms with E-state index in [2.05, 4.69) is 11.8 Å². The largest absolute Gasteiger partial charge is 0.396 e. The third kappa shape index (κ3) is 13.9. The van der Waals surface area contributed by atoms with E-state index in [0.29, 0.717) is 19.1 Å². The minimum absolute atomic E-state index is 0.347. The van der Waals surface area contributed by atoms with Crippen molar-refractivity contribution >= 4 is 0 Å².